The minimum absolute atomic E-state index is 0.0401. The van der Waals surface area contributed by atoms with E-state index in [1.165, 1.54) is 0 Å². The van der Waals surface area contributed by atoms with Gasteiger partial charge in [-0.2, -0.15) is 10.2 Å². The van der Waals surface area contributed by atoms with Crippen molar-refractivity contribution in [1.29, 1.82) is 0 Å². The van der Waals surface area contributed by atoms with Crippen molar-refractivity contribution in [2.45, 2.75) is 13.0 Å². The van der Waals surface area contributed by atoms with Crippen molar-refractivity contribution in [2.75, 3.05) is 6.54 Å². The summed E-state index contributed by atoms with van der Waals surface area (Å²) in [6.45, 7) is 2.88. The van der Waals surface area contributed by atoms with Crippen LogP contribution in [0.15, 0.2) is 47.1 Å². The van der Waals surface area contributed by atoms with E-state index in [0.29, 0.717) is 5.02 Å². The molecule has 0 radical (unpaired) electrons. The second-order valence-electron chi connectivity index (χ2n) is 4.50. The Morgan fingerprint density at radius 2 is 2.15 bits per heavy atom. The third kappa shape index (κ3) is 2.53. The van der Waals surface area contributed by atoms with Crippen LogP contribution in [-0.4, -0.2) is 16.7 Å². The predicted molar refractivity (Wildman–Crippen MR) is 78.8 cm³/mol. The SMILES string of the molecule is CCNC(c1ccnnc1)c1cc2cc(Cl)ccc2o1. The maximum Gasteiger partial charge on any atom is 0.134 e. The lowest BCUT2D eigenvalue weighted by Gasteiger charge is -2.14. The van der Waals surface area contributed by atoms with Gasteiger partial charge in [0.1, 0.15) is 11.3 Å². The Morgan fingerprint density at radius 1 is 1.25 bits per heavy atom. The molecule has 0 saturated heterocycles. The summed E-state index contributed by atoms with van der Waals surface area (Å²) in [5.74, 6) is 0.845. The molecule has 2 aromatic heterocycles. The monoisotopic (exact) mass is 287 g/mol. The lowest BCUT2D eigenvalue weighted by atomic mass is 10.1. The molecular weight excluding hydrogens is 274 g/mol. The molecule has 0 saturated carbocycles. The quantitative estimate of drug-likeness (QED) is 0.797. The third-order valence-electron chi connectivity index (χ3n) is 3.13. The van der Waals surface area contributed by atoms with E-state index in [2.05, 4.69) is 22.4 Å². The van der Waals surface area contributed by atoms with Crippen molar-refractivity contribution in [2.24, 2.45) is 0 Å². The molecule has 1 unspecified atom stereocenters. The molecule has 20 heavy (non-hydrogen) atoms. The first-order valence-corrected chi connectivity index (χ1v) is 6.84. The Kier molecular flexibility index (Phi) is 3.67. The van der Waals surface area contributed by atoms with Gasteiger partial charge in [-0.25, -0.2) is 0 Å². The predicted octanol–water partition coefficient (Wildman–Crippen LogP) is 3.58. The molecule has 0 aliphatic rings. The molecule has 1 N–H and O–H groups in total. The molecule has 5 heteroatoms. The molecule has 0 spiro atoms. The van der Waals surface area contributed by atoms with E-state index in [9.17, 15) is 0 Å². The van der Waals surface area contributed by atoms with Crippen molar-refractivity contribution < 1.29 is 4.42 Å². The summed E-state index contributed by atoms with van der Waals surface area (Å²) in [6, 6.07) is 9.51. The molecule has 1 atom stereocenters. The maximum atomic E-state index is 6.01. The average molecular weight is 288 g/mol. The minimum Gasteiger partial charge on any atom is -0.459 e. The van der Waals surface area contributed by atoms with Gasteiger partial charge >= 0.3 is 0 Å². The fourth-order valence-corrected chi connectivity index (χ4v) is 2.42. The molecule has 2 heterocycles. The normalized spacial score (nSPS) is 12.7. The van der Waals surface area contributed by atoms with Crippen LogP contribution in [0.25, 0.3) is 11.0 Å². The highest BCUT2D eigenvalue weighted by atomic mass is 35.5. The molecule has 3 rings (SSSR count). The molecule has 0 fully saturated rings. The van der Waals surface area contributed by atoms with E-state index in [1.54, 1.807) is 12.4 Å². The second-order valence-corrected chi connectivity index (χ2v) is 4.93. The Bertz CT molecular complexity index is 711. The van der Waals surface area contributed by atoms with Gasteiger partial charge in [-0.1, -0.05) is 18.5 Å². The Morgan fingerprint density at radius 3 is 2.90 bits per heavy atom. The molecule has 0 aliphatic heterocycles. The second kappa shape index (κ2) is 5.61. The Labute approximate surface area is 121 Å². The summed E-state index contributed by atoms with van der Waals surface area (Å²) in [7, 11) is 0. The van der Waals surface area contributed by atoms with Gasteiger partial charge in [0.2, 0.25) is 0 Å². The van der Waals surface area contributed by atoms with E-state index >= 15 is 0 Å². The number of aromatic nitrogens is 2. The lowest BCUT2D eigenvalue weighted by molar-refractivity contribution is 0.476. The number of hydrogen-bond acceptors (Lipinski definition) is 4. The zero-order chi connectivity index (χ0) is 13.9. The van der Waals surface area contributed by atoms with Crippen LogP contribution in [0.3, 0.4) is 0 Å². The van der Waals surface area contributed by atoms with Crippen LogP contribution in [0.4, 0.5) is 0 Å². The molecular formula is C15H14ClN3O. The molecule has 102 valence electrons. The number of halogens is 1. The maximum absolute atomic E-state index is 6.01. The summed E-state index contributed by atoms with van der Waals surface area (Å²) in [5.41, 5.74) is 1.85. The van der Waals surface area contributed by atoms with Crippen molar-refractivity contribution in [3.05, 3.63) is 59.1 Å². The van der Waals surface area contributed by atoms with Crippen LogP contribution in [0, 0.1) is 0 Å². The van der Waals surface area contributed by atoms with Gasteiger partial charge in [-0.15, -0.1) is 0 Å². The zero-order valence-corrected chi connectivity index (χ0v) is 11.8. The summed E-state index contributed by atoms with van der Waals surface area (Å²) >= 11 is 6.01. The van der Waals surface area contributed by atoms with E-state index in [1.807, 2.05) is 30.3 Å². The van der Waals surface area contributed by atoms with Crippen molar-refractivity contribution in [1.82, 2.24) is 15.5 Å². The van der Waals surface area contributed by atoms with Crippen LogP contribution in [0.1, 0.15) is 24.3 Å². The summed E-state index contributed by atoms with van der Waals surface area (Å²) in [4.78, 5) is 0. The molecule has 0 aliphatic carbocycles. The van der Waals surface area contributed by atoms with Crippen LogP contribution in [0.2, 0.25) is 5.02 Å². The van der Waals surface area contributed by atoms with Crippen LogP contribution < -0.4 is 5.32 Å². The Hall–Kier alpha value is -1.91. The highest BCUT2D eigenvalue weighted by molar-refractivity contribution is 6.31. The van der Waals surface area contributed by atoms with E-state index in [4.69, 9.17) is 16.0 Å². The zero-order valence-electron chi connectivity index (χ0n) is 11.0. The molecule has 3 aromatic rings. The van der Waals surface area contributed by atoms with E-state index in [-0.39, 0.29) is 6.04 Å². The summed E-state index contributed by atoms with van der Waals surface area (Å²) in [6.07, 6.45) is 3.42. The summed E-state index contributed by atoms with van der Waals surface area (Å²) < 4.78 is 5.92. The largest absolute Gasteiger partial charge is 0.459 e. The molecule has 0 amide bonds. The van der Waals surface area contributed by atoms with Gasteiger partial charge in [0, 0.05) is 16.6 Å². The number of rotatable bonds is 4. The van der Waals surface area contributed by atoms with E-state index in [0.717, 1.165) is 28.8 Å². The fourth-order valence-electron chi connectivity index (χ4n) is 2.24. The van der Waals surface area contributed by atoms with Gasteiger partial charge < -0.3 is 9.73 Å². The van der Waals surface area contributed by atoms with E-state index < -0.39 is 0 Å². The first-order valence-electron chi connectivity index (χ1n) is 6.47. The van der Waals surface area contributed by atoms with Crippen LogP contribution in [-0.2, 0) is 0 Å². The van der Waals surface area contributed by atoms with Crippen molar-refractivity contribution >= 4 is 22.6 Å². The number of fused-ring (bicyclic) bond motifs is 1. The van der Waals surface area contributed by atoms with Gasteiger partial charge in [0.05, 0.1) is 12.2 Å². The first kappa shape index (κ1) is 13.1. The molecule has 4 nitrogen and oxygen atoms in total. The Balaban J connectivity index is 2.05. The van der Waals surface area contributed by atoms with Gasteiger partial charge in [-0.05, 0) is 42.4 Å². The lowest BCUT2D eigenvalue weighted by Crippen LogP contribution is -2.21. The number of furan rings is 1. The number of benzene rings is 1. The highest BCUT2D eigenvalue weighted by Crippen LogP contribution is 2.29. The fraction of sp³-hybridized carbons (Fsp3) is 0.200. The number of hydrogen-bond donors (Lipinski definition) is 1. The minimum atomic E-state index is -0.0401. The third-order valence-corrected chi connectivity index (χ3v) is 3.37. The van der Waals surface area contributed by atoms with Crippen LogP contribution in [0.5, 0.6) is 0 Å². The number of nitrogens with one attached hydrogen (secondary N) is 1. The van der Waals surface area contributed by atoms with Gasteiger partial charge in [-0.3, -0.25) is 0 Å². The number of nitrogens with zero attached hydrogens (tertiary/aromatic N) is 2. The van der Waals surface area contributed by atoms with Crippen LogP contribution >= 0.6 is 11.6 Å². The highest BCUT2D eigenvalue weighted by Gasteiger charge is 2.18. The standard InChI is InChI=1S/C15H14ClN3O/c1-2-17-15(10-5-6-18-19-9-10)14-8-11-7-12(16)3-4-13(11)20-14/h3-9,15,17H,2H2,1H3. The van der Waals surface area contributed by atoms with Gasteiger partial charge in [0.15, 0.2) is 0 Å². The first-order chi connectivity index (χ1) is 9.78. The van der Waals surface area contributed by atoms with Crippen molar-refractivity contribution in [3.63, 3.8) is 0 Å². The molecule has 1 aromatic carbocycles. The topological polar surface area (TPSA) is 51.0 Å². The summed E-state index contributed by atoms with van der Waals surface area (Å²) in [5, 5.41) is 12.8. The smallest absolute Gasteiger partial charge is 0.134 e. The average Bonchev–Trinajstić information content (AvgIpc) is 2.88. The van der Waals surface area contributed by atoms with Gasteiger partial charge in [0.25, 0.3) is 0 Å². The van der Waals surface area contributed by atoms with Crippen molar-refractivity contribution in [3.8, 4) is 0 Å². The molecule has 0 bridgehead atoms.